The van der Waals surface area contributed by atoms with Crippen molar-refractivity contribution >= 4 is 38.8 Å². The molecular weight excluding hydrogens is 444 g/mol. The third kappa shape index (κ3) is 5.27. The molecule has 0 aliphatic carbocycles. The molecule has 6 heteroatoms. The number of hydrogen-bond acceptors (Lipinski definition) is 4. The van der Waals surface area contributed by atoms with Gasteiger partial charge in [0.15, 0.2) is 6.10 Å². The second kappa shape index (κ2) is 10.6. The molecule has 0 aliphatic heterocycles. The van der Waals surface area contributed by atoms with Gasteiger partial charge < -0.3 is 9.47 Å². The highest BCUT2D eigenvalue weighted by atomic mass is 79.9. The maximum atomic E-state index is 12.6. The number of carbonyl (C=O) groups is 1. The third-order valence-electron chi connectivity index (χ3n) is 4.41. The lowest BCUT2D eigenvalue weighted by atomic mass is 10.1. The minimum absolute atomic E-state index is 0.321. The molecule has 1 unspecified atom stereocenters. The first-order chi connectivity index (χ1) is 14.6. The summed E-state index contributed by atoms with van der Waals surface area (Å²) in [4.78, 5) is 12.6. The van der Waals surface area contributed by atoms with Crippen molar-refractivity contribution in [2.45, 2.75) is 19.4 Å². The summed E-state index contributed by atoms with van der Waals surface area (Å²) in [6.07, 6.45) is 3.05. The predicted molar refractivity (Wildman–Crippen MR) is 124 cm³/mol. The van der Waals surface area contributed by atoms with Crippen LogP contribution in [0.5, 0.6) is 11.5 Å². The van der Waals surface area contributed by atoms with Crippen LogP contribution in [0.1, 0.15) is 18.9 Å². The SMILES string of the molecule is C=CCOc1ccccc1/C=N/NC(=O)C(CC)Oc1ccc2ccccc2c1Br. The van der Waals surface area contributed by atoms with E-state index in [0.29, 0.717) is 24.5 Å². The van der Waals surface area contributed by atoms with Crippen molar-refractivity contribution in [2.75, 3.05) is 6.61 Å². The molecule has 3 rings (SSSR count). The number of carbonyl (C=O) groups excluding carboxylic acids is 1. The van der Waals surface area contributed by atoms with Crippen LogP contribution >= 0.6 is 15.9 Å². The Hall–Kier alpha value is -3.12. The second-order valence-corrected chi connectivity index (χ2v) is 7.28. The van der Waals surface area contributed by atoms with Gasteiger partial charge in [-0.25, -0.2) is 5.43 Å². The molecule has 0 saturated carbocycles. The van der Waals surface area contributed by atoms with Gasteiger partial charge in [0, 0.05) is 5.56 Å². The van der Waals surface area contributed by atoms with Crippen LogP contribution in [0.15, 0.2) is 82.9 Å². The first-order valence-electron chi connectivity index (χ1n) is 9.63. The van der Waals surface area contributed by atoms with Crippen molar-refractivity contribution in [2.24, 2.45) is 5.10 Å². The van der Waals surface area contributed by atoms with Crippen molar-refractivity contribution in [3.63, 3.8) is 0 Å². The molecule has 1 N–H and O–H groups in total. The van der Waals surface area contributed by atoms with Crippen LogP contribution in [0.2, 0.25) is 0 Å². The minimum atomic E-state index is -0.674. The van der Waals surface area contributed by atoms with Gasteiger partial charge in [0.1, 0.15) is 18.1 Å². The number of benzene rings is 3. The summed E-state index contributed by atoms with van der Waals surface area (Å²) in [5.74, 6) is 0.958. The average molecular weight is 467 g/mol. The van der Waals surface area contributed by atoms with Crippen LogP contribution in [0.25, 0.3) is 10.8 Å². The topological polar surface area (TPSA) is 59.9 Å². The van der Waals surface area contributed by atoms with E-state index in [2.05, 4.69) is 33.0 Å². The van der Waals surface area contributed by atoms with E-state index in [1.165, 1.54) is 0 Å². The monoisotopic (exact) mass is 466 g/mol. The smallest absolute Gasteiger partial charge is 0.281 e. The molecule has 0 fully saturated rings. The normalized spacial score (nSPS) is 11.9. The van der Waals surface area contributed by atoms with Crippen LogP contribution in [0, 0.1) is 0 Å². The highest BCUT2D eigenvalue weighted by molar-refractivity contribution is 9.10. The van der Waals surface area contributed by atoms with E-state index in [-0.39, 0.29) is 5.91 Å². The lowest BCUT2D eigenvalue weighted by Crippen LogP contribution is -2.35. The molecule has 0 bridgehead atoms. The summed E-state index contributed by atoms with van der Waals surface area (Å²) in [5.41, 5.74) is 3.31. The number of ether oxygens (including phenoxy) is 2. The molecular formula is C24H23BrN2O3. The molecule has 5 nitrogen and oxygen atoms in total. The highest BCUT2D eigenvalue weighted by Gasteiger charge is 2.19. The summed E-state index contributed by atoms with van der Waals surface area (Å²) >= 11 is 3.59. The van der Waals surface area contributed by atoms with Gasteiger partial charge in [0.25, 0.3) is 5.91 Å². The van der Waals surface area contributed by atoms with Crippen LogP contribution < -0.4 is 14.9 Å². The largest absolute Gasteiger partial charge is 0.489 e. The van der Waals surface area contributed by atoms with Crippen molar-refractivity contribution in [1.29, 1.82) is 0 Å². The molecule has 1 atom stereocenters. The Kier molecular flexibility index (Phi) is 7.63. The number of rotatable bonds is 9. The van der Waals surface area contributed by atoms with Gasteiger partial charge in [-0.2, -0.15) is 5.10 Å². The van der Waals surface area contributed by atoms with Crippen LogP contribution in [-0.4, -0.2) is 24.8 Å². The lowest BCUT2D eigenvalue weighted by molar-refractivity contribution is -0.128. The summed E-state index contributed by atoms with van der Waals surface area (Å²) in [6.45, 7) is 5.93. The molecule has 154 valence electrons. The van der Waals surface area contributed by atoms with E-state index in [1.807, 2.05) is 67.6 Å². The Morgan fingerprint density at radius 3 is 2.70 bits per heavy atom. The van der Waals surface area contributed by atoms with Crippen molar-refractivity contribution in [3.05, 3.63) is 83.4 Å². The Bertz CT molecular complexity index is 1070. The fourth-order valence-corrected chi connectivity index (χ4v) is 3.47. The zero-order chi connectivity index (χ0) is 21.3. The quantitative estimate of drug-likeness (QED) is 0.258. The number of nitrogens with one attached hydrogen (secondary N) is 1. The van der Waals surface area contributed by atoms with E-state index < -0.39 is 6.10 Å². The van der Waals surface area contributed by atoms with Crippen LogP contribution in [-0.2, 0) is 4.79 Å². The highest BCUT2D eigenvalue weighted by Crippen LogP contribution is 2.33. The van der Waals surface area contributed by atoms with Gasteiger partial charge in [0.2, 0.25) is 0 Å². The predicted octanol–water partition coefficient (Wildman–Crippen LogP) is 5.47. The number of nitrogens with zero attached hydrogens (tertiary/aromatic N) is 1. The molecule has 0 heterocycles. The summed E-state index contributed by atoms with van der Waals surface area (Å²) in [5, 5.41) is 6.19. The number of halogens is 1. The van der Waals surface area contributed by atoms with Gasteiger partial charge in [-0.3, -0.25) is 4.79 Å². The van der Waals surface area contributed by atoms with Crippen molar-refractivity contribution in [1.82, 2.24) is 5.43 Å². The summed E-state index contributed by atoms with van der Waals surface area (Å²) < 4.78 is 12.4. The molecule has 0 aromatic heterocycles. The number of para-hydroxylation sites is 1. The number of amides is 1. The molecule has 0 spiro atoms. The summed E-state index contributed by atoms with van der Waals surface area (Å²) in [6, 6.07) is 19.2. The van der Waals surface area contributed by atoms with E-state index in [9.17, 15) is 4.79 Å². The number of fused-ring (bicyclic) bond motifs is 1. The van der Waals surface area contributed by atoms with Gasteiger partial charge in [-0.15, -0.1) is 0 Å². The Balaban J connectivity index is 1.68. The molecule has 3 aromatic carbocycles. The maximum absolute atomic E-state index is 12.6. The molecule has 0 saturated heterocycles. The number of hydrazone groups is 1. The van der Waals surface area contributed by atoms with Crippen LogP contribution in [0.3, 0.4) is 0 Å². The second-order valence-electron chi connectivity index (χ2n) is 6.49. The molecule has 0 radical (unpaired) electrons. The Morgan fingerprint density at radius 2 is 1.90 bits per heavy atom. The standard InChI is InChI=1S/C24H23BrN2O3/c1-3-15-29-21-12-8-6-10-18(21)16-26-27-24(28)20(4-2)30-22-14-13-17-9-5-7-11-19(17)23(22)25/h3,5-14,16,20H,1,4,15H2,2H3,(H,27,28)/b26-16+. The fourth-order valence-electron chi connectivity index (χ4n) is 2.88. The zero-order valence-corrected chi connectivity index (χ0v) is 18.3. The minimum Gasteiger partial charge on any atom is -0.489 e. The Morgan fingerprint density at radius 1 is 1.13 bits per heavy atom. The molecule has 0 aliphatic rings. The van der Waals surface area contributed by atoms with E-state index in [4.69, 9.17) is 9.47 Å². The third-order valence-corrected chi connectivity index (χ3v) is 5.23. The van der Waals surface area contributed by atoms with Gasteiger partial charge in [0.05, 0.1) is 10.7 Å². The van der Waals surface area contributed by atoms with Crippen molar-refractivity contribution < 1.29 is 14.3 Å². The average Bonchev–Trinajstić information content (AvgIpc) is 2.78. The number of hydrogen-bond donors (Lipinski definition) is 1. The summed E-state index contributed by atoms with van der Waals surface area (Å²) in [7, 11) is 0. The van der Waals surface area contributed by atoms with Crippen molar-refractivity contribution in [3.8, 4) is 11.5 Å². The molecule has 30 heavy (non-hydrogen) atoms. The van der Waals surface area contributed by atoms with Gasteiger partial charge in [-0.05, 0) is 51.3 Å². The zero-order valence-electron chi connectivity index (χ0n) is 16.7. The van der Waals surface area contributed by atoms with Gasteiger partial charge >= 0.3 is 0 Å². The van der Waals surface area contributed by atoms with E-state index in [0.717, 1.165) is 20.8 Å². The first-order valence-corrected chi connectivity index (χ1v) is 10.4. The fraction of sp³-hybridized carbons (Fsp3) is 0.167. The van der Waals surface area contributed by atoms with Crippen LogP contribution in [0.4, 0.5) is 0 Å². The molecule has 1 amide bonds. The van der Waals surface area contributed by atoms with E-state index >= 15 is 0 Å². The Labute approximate surface area is 184 Å². The van der Waals surface area contributed by atoms with E-state index in [1.54, 1.807) is 12.3 Å². The molecule has 3 aromatic rings. The maximum Gasteiger partial charge on any atom is 0.281 e. The van der Waals surface area contributed by atoms with Gasteiger partial charge in [-0.1, -0.05) is 62.0 Å². The lowest BCUT2D eigenvalue weighted by Gasteiger charge is -2.17. The first kappa shape index (κ1) is 21.6.